The predicted molar refractivity (Wildman–Crippen MR) is 74.8 cm³/mol. The van der Waals surface area contributed by atoms with Crippen LogP contribution in [0.1, 0.15) is 31.7 Å². The highest BCUT2D eigenvalue weighted by Crippen LogP contribution is 2.20. The van der Waals surface area contributed by atoms with Crippen LogP contribution in [-0.2, 0) is 0 Å². The normalized spacial score (nSPS) is 11.9. The monoisotopic (exact) mass is 295 g/mol. The number of hydrogen-bond acceptors (Lipinski definition) is 3. The second-order valence-electron chi connectivity index (χ2n) is 4.06. The first kappa shape index (κ1) is 14.0. The van der Waals surface area contributed by atoms with Crippen molar-refractivity contribution in [2.45, 2.75) is 32.2 Å². The lowest BCUT2D eigenvalue weighted by Gasteiger charge is -2.18. The lowest BCUT2D eigenvalue weighted by Crippen LogP contribution is -2.28. The summed E-state index contributed by atoms with van der Waals surface area (Å²) in [5.41, 5.74) is 7.32. The van der Waals surface area contributed by atoms with Gasteiger partial charge in [-0.15, -0.1) is 0 Å². The van der Waals surface area contributed by atoms with Crippen molar-refractivity contribution in [3.8, 4) is 6.07 Å². The molecule has 1 atom stereocenters. The lowest BCUT2D eigenvalue weighted by molar-refractivity contribution is 0.614. The van der Waals surface area contributed by atoms with Gasteiger partial charge in [-0.2, -0.15) is 5.26 Å². The van der Waals surface area contributed by atoms with Crippen LogP contribution in [0.3, 0.4) is 0 Å². The predicted octanol–water partition coefficient (Wildman–Crippen LogP) is 3.25. The largest absolute Gasteiger partial charge is 0.381 e. The maximum Gasteiger partial charge on any atom is 0.0992 e. The van der Waals surface area contributed by atoms with E-state index in [0.717, 1.165) is 23.0 Å². The second kappa shape index (κ2) is 7.31. The minimum Gasteiger partial charge on any atom is -0.381 e. The Kier molecular flexibility index (Phi) is 6.03. The van der Waals surface area contributed by atoms with E-state index >= 15 is 0 Å². The van der Waals surface area contributed by atoms with E-state index in [0.29, 0.717) is 12.1 Å². The number of hydrogen-bond donors (Lipinski definition) is 2. The van der Waals surface area contributed by atoms with Crippen LogP contribution in [0.2, 0.25) is 0 Å². The van der Waals surface area contributed by atoms with Crippen LogP contribution in [0.25, 0.3) is 0 Å². The van der Waals surface area contributed by atoms with E-state index in [9.17, 15) is 0 Å². The Morgan fingerprint density at radius 1 is 1.47 bits per heavy atom. The van der Waals surface area contributed by atoms with Gasteiger partial charge in [0.15, 0.2) is 0 Å². The zero-order valence-corrected chi connectivity index (χ0v) is 11.6. The number of benzene rings is 1. The quantitative estimate of drug-likeness (QED) is 0.847. The smallest absolute Gasteiger partial charge is 0.0992 e. The molecule has 0 spiro atoms. The van der Waals surface area contributed by atoms with Crippen molar-refractivity contribution >= 4 is 21.6 Å². The third-order valence-electron chi connectivity index (χ3n) is 2.59. The van der Waals surface area contributed by atoms with Gasteiger partial charge in [-0.3, -0.25) is 0 Å². The number of nitriles is 1. The van der Waals surface area contributed by atoms with E-state index < -0.39 is 0 Å². The van der Waals surface area contributed by atoms with Crippen LogP contribution in [0.4, 0.5) is 5.69 Å². The molecule has 0 saturated carbocycles. The highest BCUT2D eigenvalue weighted by molar-refractivity contribution is 9.10. The average Bonchev–Trinajstić information content (AvgIpc) is 2.33. The summed E-state index contributed by atoms with van der Waals surface area (Å²) in [6.45, 7) is 2.77. The van der Waals surface area contributed by atoms with Gasteiger partial charge in [0, 0.05) is 22.7 Å². The first-order valence-corrected chi connectivity index (χ1v) is 6.66. The van der Waals surface area contributed by atoms with Gasteiger partial charge in [0.1, 0.15) is 0 Å². The van der Waals surface area contributed by atoms with E-state index in [1.165, 1.54) is 6.42 Å². The summed E-state index contributed by atoms with van der Waals surface area (Å²) < 4.78 is 0.908. The molecule has 1 aromatic rings. The molecule has 0 fully saturated rings. The van der Waals surface area contributed by atoms with Crippen molar-refractivity contribution in [2.24, 2.45) is 5.73 Å². The van der Waals surface area contributed by atoms with Crippen molar-refractivity contribution in [1.29, 1.82) is 5.26 Å². The first-order valence-electron chi connectivity index (χ1n) is 5.87. The highest BCUT2D eigenvalue weighted by atomic mass is 79.9. The summed E-state index contributed by atoms with van der Waals surface area (Å²) in [6.07, 6.45) is 3.38. The molecule has 0 aliphatic heterocycles. The van der Waals surface area contributed by atoms with Crippen LogP contribution >= 0.6 is 15.9 Å². The van der Waals surface area contributed by atoms with Gasteiger partial charge in [-0.05, 0) is 24.6 Å². The first-order chi connectivity index (χ1) is 8.19. The van der Waals surface area contributed by atoms with E-state index in [2.05, 4.69) is 34.2 Å². The third kappa shape index (κ3) is 4.76. The van der Waals surface area contributed by atoms with Crippen molar-refractivity contribution < 1.29 is 0 Å². The van der Waals surface area contributed by atoms with Crippen molar-refractivity contribution in [3.63, 3.8) is 0 Å². The van der Waals surface area contributed by atoms with E-state index in [1.54, 1.807) is 6.07 Å². The van der Waals surface area contributed by atoms with Crippen LogP contribution in [0.5, 0.6) is 0 Å². The average molecular weight is 296 g/mol. The van der Waals surface area contributed by atoms with E-state index in [1.807, 2.05) is 12.1 Å². The summed E-state index contributed by atoms with van der Waals surface area (Å²) in [4.78, 5) is 0. The molecule has 0 saturated heterocycles. The molecule has 3 nitrogen and oxygen atoms in total. The fourth-order valence-corrected chi connectivity index (χ4v) is 2.17. The summed E-state index contributed by atoms with van der Waals surface area (Å²) in [7, 11) is 0. The van der Waals surface area contributed by atoms with Gasteiger partial charge in [0.2, 0.25) is 0 Å². The Bertz CT molecular complexity index is 398. The molecule has 0 radical (unpaired) electrons. The molecule has 1 aromatic carbocycles. The molecular formula is C13H18BrN3. The Morgan fingerprint density at radius 2 is 2.24 bits per heavy atom. The Hall–Kier alpha value is -1.05. The molecule has 0 aliphatic carbocycles. The zero-order chi connectivity index (χ0) is 12.7. The standard InChI is InChI=1S/C13H18BrN3/c1-2-3-4-12(9-16)17-13-6-10(8-15)5-11(14)7-13/h5-7,12,17H,2-4,9,16H2,1H3. The molecule has 0 aromatic heterocycles. The van der Waals surface area contributed by atoms with Crippen LogP contribution in [-0.4, -0.2) is 12.6 Å². The Balaban J connectivity index is 2.72. The summed E-state index contributed by atoms with van der Waals surface area (Å²) in [5.74, 6) is 0. The maximum atomic E-state index is 8.90. The number of rotatable bonds is 6. The van der Waals surface area contributed by atoms with E-state index in [4.69, 9.17) is 11.0 Å². The van der Waals surface area contributed by atoms with Crippen LogP contribution in [0, 0.1) is 11.3 Å². The fourth-order valence-electron chi connectivity index (χ4n) is 1.67. The summed E-state index contributed by atoms with van der Waals surface area (Å²) in [5, 5.41) is 12.3. The van der Waals surface area contributed by atoms with Gasteiger partial charge in [0.05, 0.1) is 11.6 Å². The molecule has 0 amide bonds. The zero-order valence-electron chi connectivity index (χ0n) is 10.0. The SMILES string of the molecule is CCCCC(CN)Nc1cc(Br)cc(C#N)c1. The molecule has 3 N–H and O–H groups in total. The number of unbranched alkanes of at least 4 members (excludes halogenated alkanes) is 1. The van der Waals surface area contributed by atoms with Crippen molar-refractivity contribution in [3.05, 3.63) is 28.2 Å². The summed E-state index contributed by atoms with van der Waals surface area (Å²) >= 11 is 3.40. The number of nitrogens with two attached hydrogens (primary N) is 1. The maximum absolute atomic E-state index is 8.90. The molecule has 1 unspecified atom stereocenters. The van der Waals surface area contributed by atoms with Crippen LogP contribution < -0.4 is 11.1 Å². The van der Waals surface area contributed by atoms with Gasteiger partial charge >= 0.3 is 0 Å². The number of anilines is 1. The van der Waals surface area contributed by atoms with Crippen LogP contribution in [0.15, 0.2) is 22.7 Å². The molecular weight excluding hydrogens is 278 g/mol. The number of halogens is 1. The van der Waals surface area contributed by atoms with Crippen molar-refractivity contribution in [2.75, 3.05) is 11.9 Å². The topological polar surface area (TPSA) is 61.8 Å². The fraction of sp³-hybridized carbons (Fsp3) is 0.462. The minimum absolute atomic E-state index is 0.274. The number of nitrogens with zero attached hydrogens (tertiary/aromatic N) is 1. The molecule has 0 aliphatic rings. The Morgan fingerprint density at radius 3 is 2.82 bits per heavy atom. The molecule has 0 bridgehead atoms. The molecule has 92 valence electrons. The van der Waals surface area contributed by atoms with Crippen molar-refractivity contribution in [1.82, 2.24) is 0 Å². The molecule has 0 heterocycles. The van der Waals surface area contributed by atoms with Gasteiger partial charge in [0.25, 0.3) is 0 Å². The summed E-state index contributed by atoms with van der Waals surface area (Å²) in [6, 6.07) is 8.03. The van der Waals surface area contributed by atoms with Gasteiger partial charge in [-0.1, -0.05) is 35.7 Å². The molecule has 17 heavy (non-hydrogen) atoms. The lowest BCUT2D eigenvalue weighted by atomic mass is 10.1. The van der Waals surface area contributed by atoms with Gasteiger partial charge < -0.3 is 11.1 Å². The molecule has 4 heteroatoms. The van der Waals surface area contributed by atoms with Gasteiger partial charge in [-0.25, -0.2) is 0 Å². The second-order valence-corrected chi connectivity index (χ2v) is 4.98. The molecule has 1 rings (SSSR count). The highest BCUT2D eigenvalue weighted by Gasteiger charge is 2.07. The van der Waals surface area contributed by atoms with E-state index in [-0.39, 0.29) is 6.04 Å². The third-order valence-corrected chi connectivity index (χ3v) is 3.05. The Labute approximate surface area is 111 Å². The minimum atomic E-state index is 0.274. The number of nitrogens with one attached hydrogen (secondary N) is 1.